The van der Waals surface area contributed by atoms with E-state index in [0.29, 0.717) is 6.61 Å². The molecule has 0 bridgehead atoms. The number of hydrogen-bond donors (Lipinski definition) is 0. The second-order valence-corrected chi connectivity index (χ2v) is 4.25. The number of aryl methyl sites for hydroxylation is 1. The fraction of sp³-hybridized carbons (Fsp3) is 0.583. The van der Waals surface area contributed by atoms with Crippen LogP contribution in [0.4, 0.5) is 0 Å². The Morgan fingerprint density at radius 3 is 2.73 bits per heavy atom. The smallest absolute Gasteiger partial charge is 0.163 e. The maximum absolute atomic E-state index is 5.75. The highest BCUT2D eigenvalue weighted by Gasteiger charge is 2.33. The van der Waals surface area contributed by atoms with E-state index in [0.717, 1.165) is 17.7 Å². The molecule has 0 aromatic carbocycles. The van der Waals surface area contributed by atoms with Crippen LogP contribution in [0, 0.1) is 0 Å². The summed E-state index contributed by atoms with van der Waals surface area (Å²) in [6.45, 7) is 6.57. The molecule has 1 fully saturated rings. The fourth-order valence-electron chi connectivity index (χ4n) is 1.69. The summed E-state index contributed by atoms with van der Waals surface area (Å²) in [4.78, 5) is 4.35. The summed E-state index contributed by atoms with van der Waals surface area (Å²) < 4.78 is 11.3. The van der Waals surface area contributed by atoms with Crippen molar-refractivity contribution >= 4 is 0 Å². The predicted octanol–water partition coefficient (Wildman–Crippen LogP) is 2.47. The van der Waals surface area contributed by atoms with E-state index in [-0.39, 0.29) is 6.10 Å². The molecule has 3 nitrogen and oxygen atoms in total. The summed E-state index contributed by atoms with van der Waals surface area (Å²) in [6.07, 6.45) is 2.88. The first-order valence-corrected chi connectivity index (χ1v) is 5.37. The van der Waals surface area contributed by atoms with Crippen LogP contribution in [-0.2, 0) is 15.9 Å². The van der Waals surface area contributed by atoms with Gasteiger partial charge in [-0.2, -0.15) is 0 Å². The largest absolute Gasteiger partial charge is 0.347 e. The molecule has 0 N–H and O–H groups in total. The highest BCUT2D eigenvalue weighted by Crippen LogP contribution is 2.32. The maximum atomic E-state index is 5.75. The van der Waals surface area contributed by atoms with Gasteiger partial charge in [-0.15, -0.1) is 0 Å². The van der Waals surface area contributed by atoms with E-state index >= 15 is 0 Å². The number of ether oxygens (including phenoxy) is 2. The summed E-state index contributed by atoms with van der Waals surface area (Å²) in [5, 5.41) is 0. The molecule has 1 saturated heterocycles. The van der Waals surface area contributed by atoms with Crippen LogP contribution < -0.4 is 0 Å². The van der Waals surface area contributed by atoms with Crippen molar-refractivity contribution in [3.05, 3.63) is 29.6 Å². The zero-order chi connectivity index (χ0) is 10.9. The Morgan fingerprint density at radius 1 is 1.47 bits per heavy atom. The van der Waals surface area contributed by atoms with Gasteiger partial charge in [-0.1, -0.05) is 13.0 Å². The van der Waals surface area contributed by atoms with Gasteiger partial charge in [0.15, 0.2) is 5.79 Å². The number of hydrogen-bond acceptors (Lipinski definition) is 3. The molecule has 0 spiro atoms. The Labute approximate surface area is 90.4 Å². The maximum Gasteiger partial charge on any atom is 0.163 e. The standard InChI is InChI=1S/C12H17NO2/c1-4-10-6-5-9(7-13-10)11-8-14-12(2,3)15-11/h5-7,11H,4,8H2,1-3H3. The highest BCUT2D eigenvalue weighted by atomic mass is 16.7. The van der Waals surface area contributed by atoms with Crippen molar-refractivity contribution in [1.82, 2.24) is 4.98 Å². The highest BCUT2D eigenvalue weighted by molar-refractivity contribution is 5.17. The summed E-state index contributed by atoms with van der Waals surface area (Å²) in [5.74, 6) is -0.464. The lowest BCUT2D eigenvalue weighted by Gasteiger charge is -2.17. The van der Waals surface area contributed by atoms with Gasteiger partial charge in [0.05, 0.1) is 6.61 Å². The molecule has 1 aliphatic heterocycles. The van der Waals surface area contributed by atoms with E-state index in [1.807, 2.05) is 26.1 Å². The molecule has 2 rings (SSSR count). The molecule has 0 saturated carbocycles. The molecule has 1 aromatic rings. The van der Waals surface area contributed by atoms with E-state index in [1.165, 1.54) is 0 Å². The molecule has 3 heteroatoms. The van der Waals surface area contributed by atoms with Gasteiger partial charge in [0.1, 0.15) is 6.10 Å². The Kier molecular flexibility index (Phi) is 2.76. The second kappa shape index (κ2) is 3.91. The summed E-state index contributed by atoms with van der Waals surface area (Å²) >= 11 is 0. The molecular formula is C12H17NO2. The average molecular weight is 207 g/mol. The molecule has 0 amide bonds. The minimum atomic E-state index is -0.464. The van der Waals surface area contributed by atoms with Gasteiger partial charge >= 0.3 is 0 Å². The van der Waals surface area contributed by atoms with E-state index in [1.54, 1.807) is 0 Å². The van der Waals surface area contributed by atoms with E-state index in [4.69, 9.17) is 9.47 Å². The molecule has 15 heavy (non-hydrogen) atoms. The Morgan fingerprint density at radius 2 is 2.27 bits per heavy atom. The van der Waals surface area contributed by atoms with Crippen molar-refractivity contribution in [1.29, 1.82) is 0 Å². The SMILES string of the molecule is CCc1ccc(C2COC(C)(C)O2)cn1. The fourth-order valence-corrected chi connectivity index (χ4v) is 1.69. The lowest BCUT2D eigenvalue weighted by molar-refractivity contribution is -0.139. The lowest BCUT2D eigenvalue weighted by atomic mass is 10.1. The number of rotatable bonds is 2. The molecular weight excluding hydrogens is 190 g/mol. The van der Waals surface area contributed by atoms with Gasteiger partial charge in [-0.3, -0.25) is 4.98 Å². The van der Waals surface area contributed by atoms with Gasteiger partial charge in [0.25, 0.3) is 0 Å². The molecule has 82 valence electrons. The van der Waals surface area contributed by atoms with E-state index < -0.39 is 5.79 Å². The Hall–Kier alpha value is -0.930. The molecule has 1 unspecified atom stereocenters. The van der Waals surface area contributed by atoms with Gasteiger partial charge < -0.3 is 9.47 Å². The van der Waals surface area contributed by atoms with Crippen molar-refractivity contribution in [2.45, 2.75) is 39.1 Å². The monoisotopic (exact) mass is 207 g/mol. The Balaban J connectivity index is 2.11. The van der Waals surface area contributed by atoms with Crippen LogP contribution in [0.15, 0.2) is 18.3 Å². The first-order chi connectivity index (χ1) is 7.11. The molecule has 2 heterocycles. The van der Waals surface area contributed by atoms with Crippen LogP contribution in [0.5, 0.6) is 0 Å². The number of pyridine rings is 1. The Bertz CT molecular complexity index is 332. The molecule has 1 aliphatic rings. The van der Waals surface area contributed by atoms with Gasteiger partial charge in [0.2, 0.25) is 0 Å². The second-order valence-electron chi connectivity index (χ2n) is 4.25. The van der Waals surface area contributed by atoms with Crippen LogP contribution in [0.2, 0.25) is 0 Å². The molecule has 0 aliphatic carbocycles. The number of aromatic nitrogens is 1. The van der Waals surface area contributed by atoms with Crippen LogP contribution >= 0.6 is 0 Å². The van der Waals surface area contributed by atoms with Gasteiger partial charge in [-0.25, -0.2) is 0 Å². The van der Waals surface area contributed by atoms with Crippen LogP contribution in [-0.4, -0.2) is 17.4 Å². The molecule has 1 atom stereocenters. The van der Waals surface area contributed by atoms with E-state index in [9.17, 15) is 0 Å². The normalized spacial score (nSPS) is 24.3. The minimum Gasteiger partial charge on any atom is -0.347 e. The first kappa shape index (κ1) is 10.6. The number of nitrogens with zero attached hydrogens (tertiary/aromatic N) is 1. The minimum absolute atomic E-state index is 0.0263. The van der Waals surface area contributed by atoms with Crippen LogP contribution in [0.3, 0.4) is 0 Å². The van der Waals surface area contributed by atoms with Gasteiger partial charge in [0, 0.05) is 17.5 Å². The third-order valence-electron chi connectivity index (χ3n) is 2.59. The van der Waals surface area contributed by atoms with E-state index in [2.05, 4.69) is 18.0 Å². The molecule has 1 aromatic heterocycles. The lowest BCUT2D eigenvalue weighted by Crippen LogP contribution is -2.19. The third kappa shape index (κ3) is 2.36. The van der Waals surface area contributed by atoms with Crippen molar-refractivity contribution in [3.63, 3.8) is 0 Å². The van der Waals surface area contributed by atoms with Crippen molar-refractivity contribution in [3.8, 4) is 0 Å². The van der Waals surface area contributed by atoms with Crippen LogP contribution in [0.1, 0.15) is 38.1 Å². The quantitative estimate of drug-likeness (QED) is 0.746. The summed E-state index contributed by atoms with van der Waals surface area (Å²) in [6, 6.07) is 4.12. The molecule has 0 radical (unpaired) electrons. The average Bonchev–Trinajstić information content (AvgIpc) is 2.59. The predicted molar refractivity (Wildman–Crippen MR) is 57.5 cm³/mol. The van der Waals surface area contributed by atoms with Gasteiger partial charge in [-0.05, 0) is 26.3 Å². The topological polar surface area (TPSA) is 31.4 Å². The van der Waals surface area contributed by atoms with Crippen molar-refractivity contribution in [2.75, 3.05) is 6.61 Å². The van der Waals surface area contributed by atoms with Crippen molar-refractivity contribution < 1.29 is 9.47 Å². The van der Waals surface area contributed by atoms with Crippen molar-refractivity contribution in [2.24, 2.45) is 0 Å². The third-order valence-corrected chi connectivity index (χ3v) is 2.59. The summed E-state index contributed by atoms with van der Waals surface area (Å²) in [7, 11) is 0. The summed E-state index contributed by atoms with van der Waals surface area (Å²) in [5.41, 5.74) is 2.20. The zero-order valence-electron chi connectivity index (χ0n) is 9.49. The van der Waals surface area contributed by atoms with Crippen LogP contribution in [0.25, 0.3) is 0 Å². The zero-order valence-corrected chi connectivity index (χ0v) is 9.49. The first-order valence-electron chi connectivity index (χ1n) is 5.37.